The summed E-state index contributed by atoms with van der Waals surface area (Å²) < 4.78 is 0. The number of amides is 1. The summed E-state index contributed by atoms with van der Waals surface area (Å²) in [4.78, 5) is 12.3. The molecule has 112 valence electrons. The Morgan fingerprint density at radius 2 is 1.70 bits per heavy atom. The Morgan fingerprint density at radius 3 is 2.15 bits per heavy atom. The number of nitrogens with one attached hydrogen (secondary N) is 1. The third-order valence-electron chi connectivity index (χ3n) is 4.00. The standard InChI is InChI=1S/C17H28N2O/c1-5-13(6-2)16(14-10-8-7-9-11-14)19-17(20)15(18)12(3)4/h7-13,15-16H,5-6,18H2,1-4H3,(H,19,20)/t15-,16?/m0/s1. The molecule has 0 fully saturated rings. The maximum absolute atomic E-state index is 12.3. The molecule has 1 amide bonds. The van der Waals surface area contributed by atoms with Crippen LogP contribution in [-0.2, 0) is 4.79 Å². The lowest BCUT2D eigenvalue weighted by Gasteiger charge is -2.29. The predicted molar refractivity (Wildman–Crippen MR) is 84.2 cm³/mol. The number of nitrogens with two attached hydrogens (primary N) is 1. The van der Waals surface area contributed by atoms with Crippen molar-refractivity contribution in [3.05, 3.63) is 35.9 Å². The third-order valence-corrected chi connectivity index (χ3v) is 4.00. The Labute approximate surface area is 122 Å². The molecule has 3 nitrogen and oxygen atoms in total. The summed E-state index contributed by atoms with van der Waals surface area (Å²) >= 11 is 0. The lowest BCUT2D eigenvalue weighted by Crippen LogP contribution is -2.46. The highest BCUT2D eigenvalue weighted by Crippen LogP contribution is 2.27. The first kappa shape index (κ1) is 16.7. The number of benzene rings is 1. The van der Waals surface area contributed by atoms with Gasteiger partial charge in [-0.2, -0.15) is 0 Å². The molecule has 0 saturated heterocycles. The zero-order valence-corrected chi connectivity index (χ0v) is 13.1. The van der Waals surface area contributed by atoms with E-state index < -0.39 is 6.04 Å². The highest BCUT2D eigenvalue weighted by molar-refractivity contribution is 5.82. The molecule has 3 heteroatoms. The van der Waals surface area contributed by atoms with E-state index in [1.165, 1.54) is 0 Å². The third kappa shape index (κ3) is 4.34. The quantitative estimate of drug-likeness (QED) is 0.803. The Hall–Kier alpha value is -1.35. The van der Waals surface area contributed by atoms with Crippen LogP contribution in [0, 0.1) is 11.8 Å². The van der Waals surface area contributed by atoms with Gasteiger partial charge in [-0.3, -0.25) is 4.79 Å². The van der Waals surface area contributed by atoms with Gasteiger partial charge in [0.05, 0.1) is 12.1 Å². The van der Waals surface area contributed by atoms with E-state index in [4.69, 9.17) is 5.73 Å². The van der Waals surface area contributed by atoms with Gasteiger partial charge >= 0.3 is 0 Å². The molecule has 0 radical (unpaired) electrons. The minimum atomic E-state index is -0.449. The molecule has 3 N–H and O–H groups in total. The van der Waals surface area contributed by atoms with E-state index in [1.807, 2.05) is 32.0 Å². The monoisotopic (exact) mass is 276 g/mol. The number of rotatable bonds is 7. The fourth-order valence-corrected chi connectivity index (χ4v) is 2.45. The zero-order chi connectivity index (χ0) is 15.1. The normalized spacial score (nSPS) is 14.3. The van der Waals surface area contributed by atoms with Crippen LogP contribution in [0.15, 0.2) is 30.3 Å². The van der Waals surface area contributed by atoms with Gasteiger partial charge < -0.3 is 11.1 Å². The highest BCUT2D eigenvalue weighted by Gasteiger charge is 2.25. The van der Waals surface area contributed by atoms with Gasteiger partial charge in [0.25, 0.3) is 0 Å². The maximum atomic E-state index is 12.3. The van der Waals surface area contributed by atoms with Gasteiger partial charge in [-0.05, 0) is 17.4 Å². The molecule has 0 aliphatic heterocycles. The van der Waals surface area contributed by atoms with E-state index in [0.29, 0.717) is 5.92 Å². The van der Waals surface area contributed by atoms with Crippen molar-refractivity contribution in [2.75, 3.05) is 0 Å². The Morgan fingerprint density at radius 1 is 1.15 bits per heavy atom. The molecule has 0 bridgehead atoms. The number of hydrogen-bond donors (Lipinski definition) is 2. The fourth-order valence-electron chi connectivity index (χ4n) is 2.45. The molecule has 1 aromatic rings. The van der Waals surface area contributed by atoms with Crippen LogP contribution in [-0.4, -0.2) is 11.9 Å². The minimum absolute atomic E-state index is 0.0449. The average Bonchev–Trinajstić information content (AvgIpc) is 2.47. The molecule has 0 heterocycles. The van der Waals surface area contributed by atoms with Crippen LogP contribution in [0.3, 0.4) is 0 Å². The minimum Gasteiger partial charge on any atom is -0.348 e. The van der Waals surface area contributed by atoms with Gasteiger partial charge in [0.15, 0.2) is 0 Å². The largest absolute Gasteiger partial charge is 0.348 e. The summed E-state index contributed by atoms with van der Waals surface area (Å²) in [5.41, 5.74) is 7.12. The van der Waals surface area contributed by atoms with Crippen molar-refractivity contribution >= 4 is 5.91 Å². The maximum Gasteiger partial charge on any atom is 0.237 e. The Balaban J connectivity index is 2.92. The van der Waals surface area contributed by atoms with Gasteiger partial charge in [0.1, 0.15) is 0 Å². The van der Waals surface area contributed by atoms with Crippen LogP contribution >= 0.6 is 0 Å². The molecule has 1 unspecified atom stereocenters. The van der Waals surface area contributed by atoms with Crippen LogP contribution < -0.4 is 11.1 Å². The SMILES string of the molecule is CCC(CC)C(NC(=O)[C@@H](N)C(C)C)c1ccccc1. The Bertz CT molecular complexity index is 399. The van der Waals surface area contributed by atoms with E-state index in [-0.39, 0.29) is 17.9 Å². The summed E-state index contributed by atoms with van der Waals surface area (Å²) in [5.74, 6) is 0.523. The lowest BCUT2D eigenvalue weighted by molar-refractivity contribution is -0.124. The van der Waals surface area contributed by atoms with E-state index in [0.717, 1.165) is 18.4 Å². The second-order valence-electron chi connectivity index (χ2n) is 5.74. The van der Waals surface area contributed by atoms with Crippen LogP contribution in [0.1, 0.15) is 52.1 Å². The first-order valence-corrected chi connectivity index (χ1v) is 7.62. The first-order valence-electron chi connectivity index (χ1n) is 7.62. The van der Waals surface area contributed by atoms with Crippen molar-refractivity contribution in [3.8, 4) is 0 Å². The topological polar surface area (TPSA) is 55.1 Å². The van der Waals surface area contributed by atoms with Crippen LogP contribution in [0.5, 0.6) is 0 Å². The molecule has 1 rings (SSSR count). The van der Waals surface area contributed by atoms with Crippen molar-refractivity contribution in [1.82, 2.24) is 5.32 Å². The molecule has 1 aromatic carbocycles. The van der Waals surface area contributed by atoms with Crippen LogP contribution in [0.25, 0.3) is 0 Å². The molecular formula is C17H28N2O. The number of carbonyl (C=O) groups is 1. The van der Waals surface area contributed by atoms with Gasteiger partial charge in [0, 0.05) is 0 Å². The number of hydrogen-bond acceptors (Lipinski definition) is 2. The second-order valence-corrected chi connectivity index (χ2v) is 5.74. The molecule has 20 heavy (non-hydrogen) atoms. The summed E-state index contributed by atoms with van der Waals surface area (Å²) in [5, 5.41) is 3.15. The molecule has 2 atom stereocenters. The van der Waals surface area contributed by atoms with E-state index in [2.05, 4.69) is 31.3 Å². The molecular weight excluding hydrogens is 248 g/mol. The predicted octanol–water partition coefficient (Wildman–Crippen LogP) is 3.26. The molecule has 0 saturated carbocycles. The summed E-state index contributed by atoms with van der Waals surface area (Å²) in [6.45, 7) is 8.27. The average molecular weight is 276 g/mol. The molecule has 0 aliphatic carbocycles. The van der Waals surface area contributed by atoms with Gasteiger partial charge in [-0.1, -0.05) is 70.9 Å². The summed E-state index contributed by atoms with van der Waals surface area (Å²) in [6.07, 6.45) is 2.07. The van der Waals surface area contributed by atoms with E-state index in [9.17, 15) is 4.79 Å². The summed E-state index contributed by atoms with van der Waals surface area (Å²) in [6, 6.07) is 9.76. The van der Waals surface area contributed by atoms with E-state index in [1.54, 1.807) is 0 Å². The van der Waals surface area contributed by atoms with Crippen molar-refractivity contribution in [3.63, 3.8) is 0 Å². The molecule has 0 aromatic heterocycles. The highest BCUT2D eigenvalue weighted by atomic mass is 16.2. The molecule has 0 aliphatic rings. The van der Waals surface area contributed by atoms with Crippen molar-refractivity contribution in [1.29, 1.82) is 0 Å². The second kappa shape index (κ2) is 8.05. The Kier molecular flexibility index (Phi) is 6.73. The van der Waals surface area contributed by atoms with Crippen molar-refractivity contribution in [2.45, 2.75) is 52.6 Å². The van der Waals surface area contributed by atoms with Gasteiger partial charge in [-0.15, -0.1) is 0 Å². The number of carbonyl (C=O) groups excluding carboxylic acids is 1. The lowest BCUT2D eigenvalue weighted by atomic mass is 9.88. The zero-order valence-electron chi connectivity index (χ0n) is 13.1. The smallest absolute Gasteiger partial charge is 0.237 e. The first-order chi connectivity index (χ1) is 9.51. The van der Waals surface area contributed by atoms with Crippen LogP contribution in [0.2, 0.25) is 0 Å². The van der Waals surface area contributed by atoms with Crippen LogP contribution in [0.4, 0.5) is 0 Å². The van der Waals surface area contributed by atoms with Gasteiger partial charge in [-0.25, -0.2) is 0 Å². The van der Waals surface area contributed by atoms with E-state index >= 15 is 0 Å². The fraction of sp³-hybridized carbons (Fsp3) is 0.588. The molecule has 0 spiro atoms. The summed E-state index contributed by atoms with van der Waals surface area (Å²) in [7, 11) is 0. The van der Waals surface area contributed by atoms with Crippen molar-refractivity contribution < 1.29 is 4.79 Å². The van der Waals surface area contributed by atoms with Crippen molar-refractivity contribution in [2.24, 2.45) is 17.6 Å². The van der Waals surface area contributed by atoms with Gasteiger partial charge in [0.2, 0.25) is 5.91 Å².